The van der Waals surface area contributed by atoms with Crippen LogP contribution in [0.4, 0.5) is 5.82 Å². The first kappa shape index (κ1) is 18.4. The number of amides is 1. The first-order valence-electron chi connectivity index (χ1n) is 7.98. The zero-order chi connectivity index (χ0) is 16.1. The van der Waals surface area contributed by atoms with E-state index in [9.17, 15) is 4.79 Å². The lowest BCUT2D eigenvalue weighted by Gasteiger charge is -2.13. The zero-order valence-corrected chi connectivity index (χ0v) is 14.2. The monoisotopic (exact) mass is 350 g/mol. The van der Waals surface area contributed by atoms with Crippen LogP contribution >= 0.6 is 12.4 Å². The summed E-state index contributed by atoms with van der Waals surface area (Å²) in [4.78, 5) is 12.3. The first-order chi connectivity index (χ1) is 11.3. The molecule has 2 aromatic rings. The zero-order valence-electron chi connectivity index (χ0n) is 13.4. The molecule has 0 saturated carbocycles. The van der Waals surface area contributed by atoms with E-state index in [1.165, 1.54) is 5.56 Å². The second-order valence-corrected chi connectivity index (χ2v) is 5.72. The number of anilines is 1. The minimum Gasteiger partial charge on any atom is -0.364 e. The fourth-order valence-electron chi connectivity index (χ4n) is 2.78. The number of nitrogens with one attached hydrogen (secondary N) is 1. The van der Waals surface area contributed by atoms with Crippen LogP contribution in [0.25, 0.3) is 0 Å². The Morgan fingerprint density at radius 3 is 2.79 bits per heavy atom. The number of aromatic nitrogens is 2. The van der Waals surface area contributed by atoms with Gasteiger partial charge in [-0.25, -0.2) is 4.68 Å². The molecule has 2 heterocycles. The Morgan fingerprint density at radius 2 is 2.08 bits per heavy atom. The van der Waals surface area contributed by atoms with Gasteiger partial charge in [0.25, 0.3) is 5.91 Å². The van der Waals surface area contributed by atoms with Gasteiger partial charge in [0.1, 0.15) is 11.9 Å². The molecule has 1 fully saturated rings. The summed E-state index contributed by atoms with van der Waals surface area (Å²) in [7, 11) is 0. The summed E-state index contributed by atoms with van der Waals surface area (Å²) >= 11 is 0. The van der Waals surface area contributed by atoms with E-state index in [-0.39, 0.29) is 24.4 Å². The fourth-order valence-corrected chi connectivity index (χ4v) is 2.78. The van der Waals surface area contributed by atoms with E-state index < -0.39 is 6.10 Å². The molecule has 1 aliphatic rings. The lowest BCUT2D eigenvalue weighted by atomic mass is 10.1. The van der Waals surface area contributed by atoms with Gasteiger partial charge in [-0.1, -0.05) is 30.3 Å². The highest BCUT2D eigenvalue weighted by atomic mass is 35.5. The highest BCUT2D eigenvalue weighted by Gasteiger charge is 2.30. The third kappa shape index (κ3) is 4.56. The maximum atomic E-state index is 12.3. The Balaban J connectivity index is 0.00000208. The van der Waals surface area contributed by atoms with Crippen LogP contribution in [-0.2, 0) is 22.5 Å². The molecule has 24 heavy (non-hydrogen) atoms. The van der Waals surface area contributed by atoms with Gasteiger partial charge in [0.2, 0.25) is 0 Å². The van der Waals surface area contributed by atoms with Crippen LogP contribution in [0.1, 0.15) is 18.4 Å². The topological polar surface area (TPSA) is 82.2 Å². The van der Waals surface area contributed by atoms with Crippen molar-refractivity contribution >= 4 is 24.1 Å². The van der Waals surface area contributed by atoms with Crippen molar-refractivity contribution < 1.29 is 9.53 Å². The van der Waals surface area contributed by atoms with E-state index in [1.54, 1.807) is 16.9 Å². The minimum atomic E-state index is -0.416. The van der Waals surface area contributed by atoms with Crippen LogP contribution in [0, 0.1) is 0 Å². The standard InChI is InChI=1S/C17H22N4O2.ClH/c18-12-14-6-7-15(23-14)17(22)20-16-8-10-19-21(16)11-9-13-4-2-1-3-5-13;/h1-5,8,10,14-15H,6-7,9,11-12,18H2,(H,20,22);1H/t14-,15+;/m1./s1. The molecule has 0 spiro atoms. The van der Waals surface area contributed by atoms with Crippen LogP contribution < -0.4 is 11.1 Å². The molecule has 1 aromatic heterocycles. The van der Waals surface area contributed by atoms with Crippen LogP contribution in [-0.4, -0.2) is 34.4 Å². The van der Waals surface area contributed by atoms with Crippen molar-refractivity contribution in [3.8, 4) is 0 Å². The average Bonchev–Trinajstić information content (AvgIpc) is 3.23. The molecule has 3 rings (SSSR count). The van der Waals surface area contributed by atoms with Crippen molar-refractivity contribution in [1.82, 2.24) is 9.78 Å². The van der Waals surface area contributed by atoms with E-state index in [0.29, 0.717) is 25.3 Å². The number of rotatable bonds is 6. The van der Waals surface area contributed by atoms with Gasteiger partial charge in [-0.05, 0) is 24.8 Å². The summed E-state index contributed by atoms with van der Waals surface area (Å²) in [6, 6.07) is 12.0. The van der Waals surface area contributed by atoms with Crippen molar-refractivity contribution in [2.45, 2.75) is 38.0 Å². The summed E-state index contributed by atoms with van der Waals surface area (Å²) in [6.45, 7) is 1.17. The van der Waals surface area contributed by atoms with Gasteiger partial charge in [0, 0.05) is 19.2 Å². The Hall–Kier alpha value is -1.89. The highest BCUT2D eigenvalue weighted by molar-refractivity contribution is 5.93. The highest BCUT2D eigenvalue weighted by Crippen LogP contribution is 2.20. The molecule has 0 unspecified atom stereocenters. The fraction of sp³-hybridized carbons (Fsp3) is 0.412. The van der Waals surface area contributed by atoms with Crippen LogP contribution in [0.5, 0.6) is 0 Å². The molecular formula is C17H23ClN4O2. The Labute approximate surface area is 147 Å². The number of nitrogens with zero attached hydrogens (tertiary/aromatic N) is 2. The third-order valence-corrected chi connectivity index (χ3v) is 4.09. The number of hydrogen-bond donors (Lipinski definition) is 2. The van der Waals surface area contributed by atoms with Crippen molar-refractivity contribution in [2.75, 3.05) is 11.9 Å². The summed E-state index contributed by atoms with van der Waals surface area (Å²) in [5.74, 6) is 0.577. The number of carbonyl (C=O) groups is 1. The lowest BCUT2D eigenvalue weighted by Crippen LogP contribution is -2.30. The third-order valence-electron chi connectivity index (χ3n) is 4.09. The van der Waals surface area contributed by atoms with E-state index in [1.807, 2.05) is 18.2 Å². The molecule has 1 saturated heterocycles. The van der Waals surface area contributed by atoms with Crippen LogP contribution in [0.2, 0.25) is 0 Å². The van der Waals surface area contributed by atoms with Crippen LogP contribution in [0.15, 0.2) is 42.6 Å². The van der Waals surface area contributed by atoms with Crippen molar-refractivity contribution in [1.29, 1.82) is 0 Å². The minimum absolute atomic E-state index is 0. The smallest absolute Gasteiger partial charge is 0.254 e. The second kappa shape index (κ2) is 8.82. The van der Waals surface area contributed by atoms with Crippen molar-refractivity contribution in [2.24, 2.45) is 5.73 Å². The van der Waals surface area contributed by atoms with E-state index >= 15 is 0 Å². The molecule has 0 radical (unpaired) electrons. The van der Waals surface area contributed by atoms with Gasteiger partial charge < -0.3 is 15.8 Å². The number of halogens is 1. The van der Waals surface area contributed by atoms with Crippen LogP contribution in [0.3, 0.4) is 0 Å². The maximum Gasteiger partial charge on any atom is 0.254 e. The Morgan fingerprint density at radius 1 is 1.29 bits per heavy atom. The number of nitrogens with two attached hydrogens (primary N) is 1. The molecule has 0 bridgehead atoms. The SMILES string of the molecule is Cl.NC[C@H]1CC[C@@H](C(=O)Nc2ccnn2CCc2ccccc2)O1. The quantitative estimate of drug-likeness (QED) is 0.834. The molecular weight excluding hydrogens is 328 g/mol. The van der Waals surface area contributed by atoms with Crippen molar-refractivity contribution in [3.05, 3.63) is 48.2 Å². The molecule has 2 atom stereocenters. The Kier molecular flexibility index (Phi) is 6.78. The largest absolute Gasteiger partial charge is 0.364 e. The summed E-state index contributed by atoms with van der Waals surface area (Å²) < 4.78 is 7.43. The van der Waals surface area contributed by atoms with E-state index in [2.05, 4.69) is 22.5 Å². The van der Waals surface area contributed by atoms with Gasteiger partial charge in [0.15, 0.2) is 0 Å². The summed E-state index contributed by atoms with van der Waals surface area (Å²) in [5, 5.41) is 7.19. The second-order valence-electron chi connectivity index (χ2n) is 5.72. The Bertz CT molecular complexity index is 647. The summed E-state index contributed by atoms with van der Waals surface area (Å²) in [5.41, 5.74) is 6.82. The number of hydrogen-bond acceptors (Lipinski definition) is 4. The number of aryl methyl sites for hydroxylation is 2. The van der Waals surface area contributed by atoms with E-state index in [0.717, 1.165) is 12.8 Å². The molecule has 130 valence electrons. The molecule has 3 N–H and O–H groups in total. The molecule has 1 amide bonds. The van der Waals surface area contributed by atoms with Gasteiger partial charge >= 0.3 is 0 Å². The molecule has 1 aliphatic heterocycles. The predicted molar refractivity (Wildman–Crippen MR) is 95.2 cm³/mol. The van der Waals surface area contributed by atoms with Gasteiger partial charge in [-0.15, -0.1) is 12.4 Å². The number of carbonyl (C=O) groups excluding carboxylic acids is 1. The van der Waals surface area contributed by atoms with Gasteiger partial charge in [-0.3, -0.25) is 4.79 Å². The summed E-state index contributed by atoms with van der Waals surface area (Å²) in [6.07, 6.45) is 3.68. The normalized spacial score (nSPS) is 19.7. The maximum absolute atomic E-state index is 12.3. The molecule has 0 aliphatic carbocycles. The molecule has 7 heteroatoms. The average molecular weight is 351 g/mol. The molecule has 1 aromatic carbocycles. The van der Waals surface area contributed by atoms with Crippen molar-refractivity contribution in [3.63, 3.8) is 0 Å². The van der Waals surface area contributed by atoms with Gasteiger partial charge in [0.05, 0.1) is 12.3 Å². The lowest BCUT2D eigenvalue weighted by molar-refractivity contribution is -0.126. The number of benzene rings is 1. The van der Waals surface area contributed by atoms with E-state index in [4.69, 9.17) is 10.5 Å². The first-order valence-corrected chi connectivity index (χ1v) is 7.98. The van der Waals surface area contributed by atoms with Gasteiger partial charge in [-0.2, -0.15) is 5.10 Å². The molecule has 6 nitrogen and oxygen atoms in total. The predicted octanol–water partition coefficient (Wildman–Crippen LogP) is 1.99. The number of ether oxygens (including phenoxy) is 1.